The summed E-state index contributed by atoms with van der Waals surface area (Å²) in [6.07, 6.45) is 0.258. The van der Waals surface area contributed by atoms with Gasteiger partial charge in [0.1, 0.15) is 11.3 Å². The highest BCUT2D eigenvalue weighted by Crippen LogP contribution is 2.20. The molecule has 100 valence electrons. The zero-order valence-corrected chi connectivity index (χ0v) is 11.0. The second kappa shape index (κ2) is 5.73. The van der Waals surface area contributed by atoms with E-state index in [4.69, 9.17) is 15.6 Å². The number of nitrogens with zero attached hydrogens (tertiary/aromatic N) is 1. The van der Waals surface area contributed by atoms with Crippen molar-refractivity contribution in [2.45, 2.75) is 18.9 Å². The van der Waals surface area contributed by atoms with Crippen LogP contribution in [-0.2, 0) is 4.79 Å². The molecule has 1 rings (SSSR count). The molecule has 0 amide bonds. The van der Waals surface area contributed by atoms with Gasteiger partial charge >= 0.3 is 5.97 Å². The predicted octanol–water partition coefficient (Wildman–Crippen LogP) is 1.32. The number of hydrogen-bond acceptors (Lipinski definition) is 4. The van der Waals surface area contributed by atoms with Crippen molar-refractivity contribution in [1.29, 1.82) is 0 Å². The summed E-state index contributed by atoms with van der Waals surface area (Å²) in [7, 11) is 3.89. The van der Waals surface area contributed by atoms with Gasteiger partial charge in [-0.1, -0.05) is 6.07 Å². The highest BCUT2D eigenvalue weighted by Gasteiger charge is 2.27. The molecule has 0 fully saturated rings. The molecular formula is C13H20N2O3. The summed E-state index contributed by atoms with van der Waals surface area (Å²) in [6, 6.07) is 7.59. The standard InChI is InChI=1S/C13H20N2O3/c1-13(14,12(16)17)7-8-18-11-6-4-5-10(9-11)15(2)3/h4-6,9H,7-8,14H2,1-3H3,(H,16,17). The lowest BCUT2D eigenvalue weighted by atomic mass is 10.0. The van der Waals surface area contributed by atoms with E-state index in [1.807, 2.05) is 43.3 Å². The van der Waals surface area contributed by atoms with Crippen LogP contribution in [0.5, 0.6) is 5.75 Å². The number of carboxylic acids is 1. The third-order valence-corrected chi connectivity index (χ3v) is 2.71. The number of rotatable bonds is 6. The first-order valence-electron chi connectivity index (χ1n) is 5.75. The zero-order chi connectivity index (χ0) is 13.8. The van der Waals surface area contributed by atoms with E-state index in [1.165, 1.54) is 6.92 Å². The molecule has 0 heterocycles. The second-order valence-corrected chi connectivity index (χ2v) is 4.71. The second-order valence-electron chi connectivity index (χ2n) is 4.71. The monoisotopic (exact) mass is 252 g/mol. The van der Waals surface area contributed by atoms with Gasteiger partial charge in [-0.3, -0.25) is 4.79 Å². The van der Waals surface area contributed by atoms with Crippen LogP contribution in [0.1, 0.15) is 13.3 Å². The topological polar surface area (TPSA) is 75.8 Å². The van der Waals surface area contributed by atoms with Crippen molar-refractivity contribution in [1.82, 2.24) is 0 Å². The number of hydrogen-bond donors (Lipinski definition) is 2. The SMILES string of the molecule is CN(C)c1cccc(OCCC(C)(N)C(=O)O)c1. The van der Waals surface area contributed by atoms with Crippen molar-refractivity contribution in [3.8, 4) is 5.75 Å². The maximum absolute atomic E-state index is 10.8. The number of carbonyl (C=O) groups is 1. The number of anilines is 1. The Morgan fingerprint density at radius 1 is 1.50 bits per heavy atom. The van der Waals surface area contributed by atoms with Crippen LogP contribution in [-0.4, -0.2) is 37.3 Å². The lowest BCUT2D eigenvalue weighted by molar-refractivity contribution is -0.143. The molecule has 0 aliphatic heterocycles. The maximum Gasteiger partial charge on any atom is 0.323 e. The Morgan fingerprint density at radius 3 is 2.72 bits per heavy atom. The molecule has 1 unspecified atom stereocenters. The van der Waals surface area contributed by atoms with E-state index >= 15 is 0 Å². The molecule has 0 saturated carbocycles. The fourth-order valence-corrected chi connectivity index (χ4v) is 1.34. The van der Waals surface area contributed by atoms with Crippen LogP contribution >= 0.6 is 0 Å². The van der Waals surface area contributed by atoms with Gasteiger partial charge in [-0.2, -0.15) is 0 Å². The summed E-state index contributed by atoms with van der Waals surface area (Å²) in [5.74, 6) is -0.310. The van der Waals surface area contributed by atoms with Gasteiger partial charge in [0.25, 0.3) is 0 Å². The van der Waals surface area contributed by atoms with Crippen molar-refractivity contribution in [3.05, 3.63) is 24.3 Å². The Labute approximate surface area is 107 Å². The van der Waals surface area contributed by atoms with Crippen molar-refractivity contribution in [3.63, 3.8) is 0 Å². The fraction of sp³-hybridized carbons (Fsp3) is 0.462. The molecule has 0 saturated heterocycles. The first kappa shape index (κ1) is 14.3. The van der Waals surface area contributed by atoms with Crippen LogP contribution in [0.3, 0.4) is 0 Å². The van der Waals surface area contributed by atoms with Gasteiger partial charge in [-0.05, 0) is 19.1 Å². The molecule has 0 radical (unpaired) electrons. The Hall–Kier alpha value is -1.75. The summed E-state index contributed by atoms with van der Waals surface area (Å²) in [5, 5.41) is 8.87. The van der Waals surface area contributed by atoms with E-state index in [1.54, 1.807) is 0 Å². The fourth-order valence-electron chi connectivity index (χ4n) is 1.34. The maximum atomic E-state index is 10.8. The number of aliphatic carboxylic acids is 1. The van der Waals surface area contributed by atoms with Crippen molar-refractivity contribution < 1.29 is 14.6 Å². The van der Waals surface area contributed by atoms with Crippen LogP contribution < -0.4 is 15.4 Å². The predicted molar refractivity (Wildman–Crippen MR) is 71.1 cm³/mol. The average Bonchev–Trinajstić information content (AvgIpc) is 2.29. The largest absolute Gasteiger partial charge is 0.493 e. The molecule has 18 heavy (non-hydrogen) atoms. The molecule has 0 bridgehead atoms. The van der Waals surface area contributed by atoms with E-state index in [9.17, 15) is 4.79 Å². The quantitative estimate of drug-likeness (QED) is 0.798. The van der Waals surface area contributed by atoms with Gasteiger partial charge in [0.05, 0.1) is 6.61 Å². The number of ether oxygens (including phenoxy) is 1. The normalized spacial score (nSPS) is 13.8. The molecule has 1 atom stereocenters. The Kier molecular flexibility index (Phi) is 4.55. The third kappa shape index (κ3) is 3.92. The van der Waals surface area contributed by atoms with Crippen LogP contribution in [0, 0.1) is 0 Å². The minimum atomic E-state index is -1.25. The average molecular weight is 252 g/mol. The molecule has 3 N–H and O–H groups in total. The summed E-state index contributed by atoms with van der Waals surface area (Å²) in [6.45, 7) is 1.76. The van der Waals surface area contributed by atoms with Crippen molar-refractivity contribution in [2.24, 2.45) is 5.73 Å². The summed E-state index contributed by atoms with van der Waals surface area (Å²) in [4.78, 5) is 12.8. The van der Waals surface area contributed by atoms with Crippen LogP contribution in [0.4, 0.5) is 5.69 Å². The van der Waals surface area contributed by atoms with E-state index in [-0.39, 0.29) is 13.0 Å². The first-order chi connectivity index (χ1) is 8.33. The summed E-state index contributed by atoms with van der Waals surface area (Å²) < 4.78 is 5.51. The van der Waals surface area contributed by atoms with Crippen LogP contribution in [0.25, 0.3) is 0 Å². The lowest BCUT2D eigenvalue weighted by Crippen LogP contribution is -2.45. The van der Waals surface area contributed by atoms with E-state index in [2.05, 4.69) is 0 Å². The van der Waals surface area contributed by atoms with E-state index in [0.717, 1.165) is 5.69 Å². The van der Waals surface area contributed by atoms with E-state index < -0.39 is 11.5 Å². The Balaban J connectivity index is 2.54. The van der Waals surface area contributed by atoms with Gasteiger partial charge < -0.3 is 20.5 Å². The van der Waals surface area contributed by atoms with Gasteiger partial charge in [-0.25, -0.2) is 0 Å². The smallest absolute Gasteiger partial charge is 0.323 e. The molecule has 5 nitrogen and oxygen atoms in total. The Morgan fingerprint density at radius 2 is 2.17 bits per heavy atom. The molecule has 5 heteroatoms. The van der Waals surface area contributed by atoms with Crippen molar-refractivity contribution >= 4 is 11.7 Å². The minimum Gasteiger partial charge on any atom is -0.493 e. The first-order valence-corrected chi connectivity index (χ1v) is 5.75. The molecular weight excluding hydrogens is 232 g/mol. The molecule has 1 aromatic carbocycles. The van der Waals surface area contributed by atoms with Crippen molar-refractivity contribution in [2.75, 3.05) is 25.6 Å². The van der Waals surface area contributed by atoms with Gasteiger partial charge in [0.15, 0.2) is 0 Å². The molecule has 1 aromatic rings. The van der Waals surface area contributed by atoms with E-state index in [0.29, 0.717) is 5.75 Å². The number of benzene rings is 1. The molecule has 0 aliphatic carbocycles. The van der Waals surface area contributed by atoms with Gasteiger partial charge in [0, 0.05) is 32.3 Å². The summed E-state index contributed by atoms with van der Waals surface area (Å²) >= 11 is 0. The third-order valence-electron chi connectivity index (χ3n) is 2.71. The highest BCUT2D eigenvalue weighted by molar-refractivity contribution is 5.77. The lowest BCUT2D eigenvalue weighted by Gasteiger charge is -2.19. The summed E-state index contributed by atoms with van der Waals surface area (Å²) in [5.41, 5.74) is 5.39. The van der Waals surface area contributed by atoms with Gasteiger partial charge in [-0.15, -0.1) is 0 Å². The number of nitrogens with two attached hydrogens (primary N) is 1. The highest BCUT2D eigenvalue weighted by atomic mass is 16.5. The molecule has 0 aliphatic rings. The van der Waals surface area contributed by atoms with Crippen LogP contribution in [0.15, 0.2) is 24.3 Å². The minimum absolute atomic E-state index is 0.258. The zero-order valence-electron chi connectivity index (χ0n) is 11.0. The van der Waals surface area contributed by atoms with Gasteiger partial charge in [0.2, 0.25) is 0 Å². The molecule has 0 spiro atoms. The number of carboxylic acid groups (broad SMARTS) is 1. The van der Waals surface area contributed by atoms with Crippen LogP contribution in [0.2, 0.25) is 0 Å². The molecule has 0 aromatic heterocycles. The Bertz CT molecular complexity index is 416.